The van der Waals surface area contributed by atoms with Crippen molar-refractivity contribution in [2.75, 3.05) is 13.2 Å². The van der Waals surface area contributed by atoms with Crippen molar-refractivity contribution < 1.29 is 4.74 Å². The summed E-state index contributed by atoms with van der Waals surface area (Å²) in [5, 5.41) is 3.58. The van der Waals surface area contributed by atoms with Crippen molar-refractivity contribution in [3.63, 3.8) is 0 Å². The standard InChI is InChI=1S/C17H29NO/c1-5-9-18-16(6-2)8-7-10-19-17-12-14(3)11-15(4)13-17/h11-13,16,18H,5-10H2,1-4H3. The monoisotopic (exact) mass is 263 g/mol. The van der Waals surface area contributed by atoms with Crippen molar-refractivity contribution >= 4 is 0 Å². The van der Waals surface area contributed by atoms with Gasteiger partial charge in [-0.1, -0.05) is 19.9 Å². The van der Waals surface area contributed by atoms with Crippen molar-refractivity contribution in [2.45, 2.75) is 59.4 Å². The third kappa shape index (κ3) is 6.63. The number of hydrogen-bond acceptors (Lipinski definition) is 2. The number of benzene rings is 1. The quantitative estimate of drug-likeness (QED) is 0.673. The number of aryl methyl sites for hydroxylation is 2. The molecule has 0 heterocycles. The van der Waals surface area contributed by atoms with Gasteiger partial charge in [0.1, 0.15) is 5.75 Å². The molecule has 1 aromatic rings. The van der Waals surface area contributed by atoms with Gasteiger partial charge in [0.15, 0.2) is 0 Å². The predicted octanol–water partition coefficient (Wildman–Crippen LogP) is 4.24. The Morgan fingerprint density at radius 3 is 2.37 bits per heavy atom. The van der Waals surface area contributed by atoms with Crippen LogP contribution < -0.4 is 10.1 Å². The van der Waals surface area contributed by atoms with Crippen molar-refractivity contribution in [2.24, 2.45) is 0 Å². The number of hydrogen-bond donors (Lipinski definition) is 1. The van der Waals surface area contributed by atoms with E-state index in [2.05, 4.69) is 51.2 Å². The zero-order valence-corrected chi connectivity index (χ0v) is 13.0. The molecule has 0 spiro atoms. The highest BCUT2D eigenvalue weighted by Gasteiger charge is 2.04. The Kier molecular flexibility index (Phi) is 7.57. The zero-order valence-electron chi connectivity index (χ0n) is 13.0. The van der Waals surface area contributed by atoms with Gasteiger partial charge in [0.05, 0.1) is 6.61 Å². The molecule has 0 bridgehead atoms. The van der Waals surface area contributed by atoms with Crippen LogP contribution in [0.3, 0.4) is 0 Å². The van der Waals surface area contributed by atoms with Crippen LogP contribution >= 0.6 is 0 Å². The van der Waals surface area contributed by atoms with E-state index in [0.717, 1.165) is 25.3 Å². The second-order valence-electron chi connectivity index (χ2n) is 5.37. The molecule has 0 fully saturated rings. The molecule has 0 radical (unpaired) electrons. The second kappa shape index (κ2) is 8.98. The van der Waals surface area contributed by atoms with Crippen LogP contribution in [0.5, 0.6) is 5.75 Å². The first kappa shape index (κ1) is 16.0. The first-order chi connectivity index (χ1) is 9.15. The van der Waals surface area contributed by atoms with E-state index in [4.69, 9.17) is 4.74 Å². The number of ether oxygens (including phenoxy) is 1. The van der Waals surface area contributed by atoms with Gasteiger partial charge in [-0.05, 0) is 69.3 Å². The highest BCUT2D eigenvalue weighted by molar-refractivity contribution is 5.32. The third-order valence-corrected chi connectivity index (χ3v) is 3.34. The first-order valence-corrected chi connectivity index (χ1v) is 7.60. The summed E-state index contributed by atoms with van der Waals surface area (Å²) in [7, 11) is 0. The molecule has 1 N–H and O–H groups in total. The van der Waals surface area contributed by atoms with Gasteiger partial charge in [-0.3, -0.25) is 0 Å². The summed E-state index contributed by atoms with van der Waals surface area (Å²) in [6.45, 7) is 10.6. The molecule has 19 heavy (non-hydrogen) atoms. The van der Waals surface area contributed by atoms with Crippen molar-refractivity contribution in [3.8, 4) is 5.75 Å². The van der Waals surface area contributed by atoms with Crippen molar-refractivity contribution in [3.05, 3.63) is 29.3 Å². The second-order valence-corrected chi connectivity index (χ2v) is 5.37. The molecule has 0 aliphatic carbocycles. The summed E-state index contributed by atoms with van der Waals surface area (Å²) in [6.07, 6.45) is 4.71. The van der Waals surface area contributed by atoms with Gasteiger partial charge in [-0.2, -0.15) is 0 Å². The first-order valence-electron chi connectivity index (χ1n) is 7.60. The van der Waals surface area contributed by atoms with E-state index in [-0.39, 0.29) is 0 Å². The summed E-state index contributed by atoms with van der Waals surface area (Å²) in [4.78, 5) is 0. The van der Waals surface area contributed by atoms with Gasteiger partial charge >= 0.3 is 0 Å². The fourth-order valence-corrected chi connectivity index (χ4v) is 2.33. The van der Waals surface area contributed by atoms with Gasteiger partial charge < -0.3 is 10.1 Å². The Labute approximate surface area is 118 Å². The van der Waals surface area contributed by atoms with Gasteiger partial charge in [0.25, 0.3) is 0 Å². The number of rotatable bonds is 9. The molecule has 0 saturated carbocycles. The van der Waals surface area contributed by atoms with Crippen LogP contribution in [0.15, 0.2) is 18.2 Å². The molecular weight excluding hydrogens is 234 g/mol. The fourth-order valence-electron chi connectivity index (χ4n) is 2.33. The molecule has 108 valence electrons. The minimum absolute atomic E-state index is 0.641. The van der Waals surface area contributed by atoms with E-state index < -0.39 is 0 Å². The fraction of sp³-hybridized carbons (Fsp3) is 0.647. The van der Waals surface area contributed by atoms with Crippen molar-refractivity contribution in [1.29, 1.82) is 0 Å². The molecule has 0 aliphatic rings. The van der Waals surface area contributed by atoms with Gasteiger partial charge in [0, 0.05) is 6.04 Å². The highest BCUT2D eigenvalue weighted by atomic mass is 16.5. The van der Waals surface area contributed by atoms with Crippen LogP contribution in [0.25, 0.3) is 0 Å². The lowest BCUT2D eigenvalue weighted by Gasteiger charge is -2.16. The predicted molar refractivity (Wildman–Crippen MR) is 83.0 cm³/mol. The lowest BCUT2D eigenvalue weighted by molar-refractivity contribution is 0.294. The van der Waals surface area contributed by atoms with Crippen LogP contribution in [0, 0.1) is 13.8 Å². The summed E-state index contributed by atoms with van der Waals surface area (Å²) >= 11 is 0. The van der Waals surface area contributed by atoms with E-state index >= 15 is 0 Å². The molecule has 2 heteroatoms. The van der Waals surface area contributed by atoms with E-state index in [0.29, 0.717) is 6.04 Å². The Bertz CT molecular complexity index is 342. The topological polar surface area (TPSA) is 21.3 Å². The normalized spacial score (nSPS) is 12.4. The molecule has 1 atom stereocenters. The maximum atomic E-state index is 5.84. The average Bonchev–Trinajstić information content (AvgIpc) is 2.37. The van der Waals surface area contributed by atoms with E-state index in [1.807, 2.05) is 0 Å². The molecule has 0 saturated heterocycles. The molecule has 1 rings (SSSR count). The summed E-state index contributed by atoms with van der Waals surface area (Å²) in [5.41, 5.74) is 2.54. The summed E-state index contributed by atoms with van der Waals surface area (Å²) < 4.78 is 5.84. The molecule has 2 nitrogen and oxygen atoms in total. The van der Waals surface area contributed by atoms with Crippen LogP contribution in [0.2, 0.25) is 0 Å². The average molecular weight is 263 g/mol. The molecule has 1 unspecified atom stereocenters. The van der Waals surface area contributed by atoms with Crippen molar-refractivity contribution in [1.82, 2.24) is 5.32 Å². The van der Waals surface area contributed by atoms with E-state index in [1.165, 1.54) is 30.4 Å². The Hall–Kier alpha value is -1.02. The Balaban J connectivity index is 2.25. The smallest absolute Gasteiger partial charge is 0.119 e. The SMILES string of the molecule is CCCNC(CC)CCCOc1cc(C)cc(C)c1. The number of nitrogens with one attached hydrogen (secondary N) is 1. The van der Waals surface area contributed by atoms with Gasteiger partial charge in [-0.15, -0.1) is 0 Å². The summed E-state index contributed by atoms with van der Waals surface area (Å²) in [5.74, 6) is 1.01. The zero-order chi connectivity index (χ0) is 14.1. The lowest BCUT2D eigenvalue weighted by Crippen LogP contribution is -2.29. The van der Waals surface area contributed by atoms with Gasteiger partial charge in [0.2, 0.25) is 0 Å². The van der Waals surface area contributed by atoms with Crippen LogP contribution in [0.4, 0.5) is 0 Å². The summed E-state index contributed by atoms with van der Waals surface area (Å²) in [6, 6.07) is 7.04. The maximum absolute atomic E-state index is 5.84. The molecule has 0 aliphatic heterocycles. The van der Waals surface area contributed by atoms with Crippen LogP contribution in [-0.4, -0.2) is 19.2 Å². The van der Waals surface area contributed by atoms with Gasteiger partial charge in [-0.25, -0.2) is 0 Å². The van der Waals surface area contributed by atoms with Crippen LogP contribution in [0.1, 0.15) is 50.7 Å². The third-order valence-electron chi connectivity index (χ3n) is 3.34. The minimum atomic E-state index is 0.641. The lowest BCUT2D eigenvalue weighted by atomic mass is 10.1. The maximum Gasteiger partial charge on any atom is 0.119 e. The molecular formula is C17H29NO. The largest absolute Gasteiger partial charge is 0.494 e. The Morgan fingerprint density at radius 2 is 1.79 bits per heavy atom. The molecule has 0 aromatic heterocycles. The Morgan fingerprint density at radius 1 is 1.11 bits per heavy atom. The van der Waals surface area contributed by atoms with Crippen LogP contribution in [-0.2, 0) is 0 Å². The van der Waals surface area contributed by atoms with E-state index in [9.17, 15) is 0 Å². The molecule has 0 amide bonds. The van der Waals surface area contributed by atoms with E-state index in [1.54, 1.807) is 0 Å². The highest BCUT2D eigenvalue weighted by Crippen LogP contribution is 2.16. The minimum Gasteiger partial charge on any atom is -0.494 e. The molecule has 1 aromatic carbocycles.